The van der Waals surface area contributed by atoms with Crippen LogP contribution >= 0.6 is 0 Å². The van der Waals surface area contributed by atoms with Gasteiger partial charge < -0.3 is 15.5 Å². The molecular formula is C34H55NO3. The lowest BCUT2D eigenvalue weighted by Crippen LogP contribution is -2.45. The van der Waals surface area contributed by atoms with E-state index in [4.69, 9.17) is 0 Å². The van der Waals surface area contributed by atoms with E-state index in [-0.39, 0.29) is 12.5 Å². The van der Waals surface area contributed by atoms with Crippen LogP contribution < -0.4 is 5.32 Å². The van der Waals surface area contributed by atoms with Crippen LogP contribution in [-0.2, 0) is 4.79 Å². The van der Waals surface area contributed by atoms with Crippen molar-refractivity contribution in [2.24, 2.45) is 0 Å². The van der Waals surface area contributed by atoms with E-state index in [0.29, 0.717) is 6.42 Å². The number of allylic oxidation sites excluding steroid dienone is 13. The Morgan fingerprint density at radius 1 is 0.658 bits per heavy atom. The molecule has 214 valence electrons. The molecule has 0 aromatic carbocycles. The van der Waals surface area contributed by atoms with Gasteiger partial charge in [0.1, 0.15) is 0 Å². The predicted octanol–water partition coefficient (Wildman–Crippen LogP) is 8.22. The van der Waals surface area contributed by atoms with Gasteiger partial charge in [0.2, 0.25) is 5.91 Å². The molecule has 0 aliphatic heterocycles. The number of carbonyl (C=O) groups is 1. The molecule has 0 spiro atoms. The first-order valence-electron chi connectivity index (χ1n) is 14.8. The van der Waals surface area contributed by atoms with Crippen LogP contribution in [0.4, 0.5) is 0 Å². The quantitative estimate of drug-likeness (QED) is 0.0878. The molecule has 0 aromatic rings. The number of aliphatic hydroxyl groups is 2. The second-order valence-corrected chi connectivity index (χ2v) is 9.41. The SMILES string of the molecule is CC/C=C\C/C=C\C/C=C\C/C=C\CCCCC(=O)NC(CO)C(O)/C=C/CC/C=C/CC/C=C/CCC. The van der Waals surface area contributed by atoms with Gasteiger partial charge in [0.15, 0.2) is 0 Å². The molecule has 0 aromatic heterocycles. The van der Waals surface area contributed by atoms with Crippen molar-refractivity contribution in [1.82, 2.24) is 5.32 Å². The first-order chi connectivity index (χ1) is 18.7. The van der Waals surface area contributed by atoms with E-state index in [1.165, 1.54) is 6.42 Å². The second kappa shape index (κ2) is 29.1. The van der Waals surface area contributed by atoms with Gasteiger partial charge >= 0.3 is 0 Å². The van der Waals surface area contributed by atoms with Crippen molar-refractivity contribution in [3.63, 3.8) is 0 Å². The molecule has 0 saturated heterocycles. The van der Waals surface area contributed by atoms with Crippen molar-refractivity contribution in [2.75, 3.05) is 6.61 Å². The number of amides is 1. The normalized spacial score (nSPS) is 14.5. The van der Waals surface area contributed by atoms with E-state index in [1.807, 2.05) is 6.08 Å². The highest BCUT2D eigenvalue weighted by molar-refractivity contribution is 5.76. The number of carbonyl (C=O) groups excluding carboxylic acids is 1. The van der Waals surface area contributed by atoms with E-state index in [1.54, 1.807) is 6.08 Å². The van der Waals surface area contributed by atoms with E-state index < -0.39 is 12.1 Å². The van der Waals surface area contributed by atoms with Gasteiger partial charge in [0.25, 0.3) is 0 Å². The van der Waals surface area contributed by atoms with Crippen LogP contribution in [0.15, 0.2) is 85.1 Å². The number of hydrogen-bond acceptors (Lipinski definition) is 3. The Morgan fingerprint density at radius 3 is 1.71 bits per heavy atom. The summed E-state index contributed by atoms with van der Waals surface area (Å²) in [4.78, 5) is 12.2. The standard InChI is InChI=1S/C34H55NO3/c1-3-5-7-9-11-13-15-16-17-18-20-22-24-26-28-30-34(38)35-32(31-36)33(37)29-27-25-23-21-19-14-12-10-8-6-4-2/h5,7-8,10-11,13,16-17,19-22,27,29,32-33,36-37H,3-4,6,9,12,14-15,18,23-26,28,30-31H2,1-2H3,(H,35,38)/b7-5-,10-8+,13-11-,17-16-,21-19+,22-20-,29-27+. The highest BCUT2D eigenvalue weighted by Crippen LogP contribution is 2.05. The topological polar surface area (TPSA) is 69.6 Å². The van der Waals surface area contributed by atoms with Gasteiger partial charge in [-0.05, 0) is 77.0 Å². The molecule has 0 aliphatic carbocycles. The Balaban J connectivity index is 3.90. The number of hydrogen-bond donors (Lipinski definition) is 3. The summed E-state index contributed by atoms with van der Waals surface area (Å²) in [7, 11) is 0. The average Bonchev–Trinajstić information content (AvgIpc) is 2.92. The van der Waals surface area contributed by atoms with Crippen molar-refractivity contribution in [2.45, 2.75) is 116 Å². The van der Waals surface area contributed by atoms with Gasteiger partial charge in [-0.2, -0.15) is 0 Å². The Morgan fingerprint density at radius 2 is 1.16 bits per heavy atom. The summed E-state index contributed by atoms with van der Waals surface area (Å²) in [5, 5.41) is 22.6. The fraction of sp³-hybridized carbons (Fsp3) is 0.559. The number of nitrogens with one attached hydrogen (secondary N) is 1. The highest BCUT2D eigenvalue weighted by atomic mass is 16.3. The zero-order valence-electron chi connectivity index (χ0n) is 24.1. The maximum atomic E-state index is 12.2. The summed E-state index contributed by atoms with van der Waals surface area (Å²) >= 11 is 0. The van der Waals surface area contributed by atoms with Crippen LogP contribution in [0.2, 0.25) is 0 Å². The predicted molar refractivity (Wildman–Crippen MR) is 165 cm³/mol. The van der Waals surface area contributed by atoms with Gasteiger partial charge in [-0.15, -0.1) is 0 Å². The van der Waals surface area contributed by atoms with Crippen LogP contribution in [0.1, 0.15) is 104 Å². The van der Waals surface area contributed by atoms with Crippen molar-refractivity contribution < 1.29 is 15.0 Å². The number of aliphatic hydroxyl groups excluding tert-OH is 2. The fourth-order valence-corrected chi connectivity index (χ4v) is 3.56. The number of unbranched alkanes of at least 4 members (excludes halogenated alkanes) is 5. The molecule has 0 fully saturated rings. The minimum atomic E-state index is -0.888. The van der Waals surface area contributed by atoms with E-state index in [0.717, 1.165) is 77.0 Å². The maximum Gasteiger partial charge on any atom is 0.220 e. The molecule has 4 nitrogen and oxygen atoms in total. The summed E-state index contributed by atoms with van der Waals surface area (Å²) in [6.07, 6.45) is 42.3. The monoisotopic (exact) mass is 525 g/mol. The summed E-state index contributed by atoms with van der Waals surface area (Å²) in [5.41, 5.74) is 0. The van der Waals surface area contributed by atoms with Crippen molar-refractivity contribution >= 4 is 5.91 Å². The van der Waals surface area contributed by atoms with Crippen LogP contribution in [-0.4, -0.2) is 34.9 Å². The van der Waals surface area contributed by atoms with Crippen LogP contribution in [0.3, 0.4) is 0 Å². The van der Waals surface area contributed by atoms with Gasteiger partial charge in [-0.3, -0.25) is 4.79 Å². The average molecular weight is 526 g/mol. The van der Waals surface area contributed by atoms with E-state index >= 15 is 0 Å². The van der Waals surface area contributed by atoms with Gasteiger partial charge in [0, 0.05) is 6.42 Å². The molecule has 3 N–H and O–H groups in total. The third-order valence-corrected chi connectivity index (χ3v) is 5.82. The van der Waals surface area contributed by atoms with E-state index in [2.05, 4.69) is 92.1 Å². The molecule has 0 bridgehead atoms. The lowest BCUT2D eigenvalue weighted by Gasteiger charge is -2.19. The first kappa shape index (κ1) is 35.6. The molecule has 0 saturated carbocycles. The van der Waals surface area contributed by atoms with E-state index in [9.17, 15) is 15.0 Å². The summed E-state index contributed by atoms with van der Waals surface area (Å²) in [6, 6.07) is -0.668. The number of rotatable bonds is 24. The van der Waals surface area contributed by atoms with Gasteiger partial charge in [-0.1, -0.05) is 105 Å². The maximum absolute atomic E-state index is 12.2. The third kappa shape index (κ3) is 25.2. The summed E-state index contributed by atoms with van der Waals surface area (Å²) < 4.78 is 0. The summed E-state index contributed by atoms with van der Waals surface area (Å²) in [5.74, 6) is -0.127. The lowest BCUT2D eigenvalue weighted by atomic mass is 10.1. The minimum absolute atomic E-state index is 0.127. The molecule has 0 aliphatic rings. The zero-order chi connectivity index (χ0) is 27.9. The zero-order valence-corrected chi connectivity index (χ0v) is 24.1. The van der Waals surface area contributed by atoms with Crippen LogP contribution in [0.25, 0.3) is 0 Å². The largest absolute Gasteiger partial charge is 0.394 e. The minimum Gasteiger partial charge on any atom is -0.394 e. The molecule has 0 rings (SSSR count). The Labute approximate surface area is 233 Å². The van der Waals surface area contributed by atoms with Crippen molar-refractivity contribution in [3.8, 4) is 0 Å². The third-order valence-electron chi connectivity index (χ3n) is 5.82. The lowest BCUT2D eigenvalue weighted by molar-refractivity contribution is -0.123. The van der Waals surface area contributed by atoms with Crippen molar-refractivity contribution in [1.29, 1.82) is 0 Å². The molecule has 2 atom stereocenters. The molecule has 4 heteroatoms. The smallest absolute Gasteiger partial charge is 0.220 e. The van der Waals surface area contributed by atoms with Gasteiger partial charge in [0.05, 0.1) is 18.8 Å². The van der Waals surface area contributed by atoms with Crippen molar-refractivity contribution in [3.05, 3.63) is 85.1 Å². The fourth-order valence-electron chi connectivity index (χ4n) is 3.56. The molecule has 2 unspecified atom stereocenters. The second-order valence-electron chi connectivity index (χ2n) is 9.41. The Kier molecular flexibility index (Phi) is 27.3. The Hall–Kier alpha value is -2.43. The molecule has 38 heavy (non-hydrogen) atoms. The highest BCUT2D eigenvalue weighted by Gasteiger charge is 2.17. The molecule has 0 heterocycles. The van der Waals surface area contributed by atoms with Crippen LogP contribution in [0, 0.1) is 0 Å². The summed E-state index contributed by atoms with van der Waals surface area (Å²) in [6.45, 7) is 4.04. The molecular weight excluding hydrogens is 470 g/mol. The first-order valence-corrected chi connectivity index (χ1v) is 14.8. The molecule has 1 amide bonds. The Bertz CT molecular complexity index is 743. The van der Waals surface area contributed by atoms with Crippen LogP contribution in [0.5, 0.6) is 0 Å². The van der Waals surface area contributed by atoms with Gasteiger partial charge in [-0.25, -0.2) is 0 Å². The molecule has 0 radical (unpaired) electrons.